The van der Waals surface area contributed by atoms with E-state index in [-0.39, 0.29) is 36.1 Å². The van der Waals surface area contributed by atoms with Gasteiger partial charge in [-0.15, -0.1) is 0 Å². The fourth-order valence-electron chi connectivity index (χ4n) is 4.27. The largest absolute Gasteiger partial charge is 0.349 e. The first-order valence-corrected chi connectivity index (χ1v) is 14.0. The number of para-hydroxylation sites is 1. The van der Waals surface area contributed by atoms with Crippen LogP contribution in [-0.4, -0.2) is 54.7 Å². The number of nitrogens with zero attached hydrogens (tertiary/aromatic N) is 2. The van der Waals surface area contributed by atoms with Crippen LogP contribution in [0.2, 0.25) is 5.02 Å². The molecule has 1 saturated heterocycles. The lowest BCUT2D eigenvalue weighted by atomic mass is 10.1. The zero-order valence-electron chi connectivity index (χ0n) is 19.2. The van der Waals surface area contributed by atoms with Gasteiger partial charge < -0.3 is 9.88 Å². The lowest BCUT2D eigenvalue weighted by Gasteiger charge is -2.34. The number of aromatic nitrogens is 1. The Morgan fingerprint density at radius 1 is 0.944 bits per heavy atom. The summed E-state index contributed by atoms with van der Waals surface area (Å²) in [4.78, 5) is 19.0. The highest BCUT2D eigenvalue weighted by Crippen LogP contribution is 2.36. The van der Waals surface area contributed by atoms with E-state index in [1.807, 2.05) is 24.3 Å². The summed E-state index contributed by atoms with van der Waals surface area (Å²) in [6, 6.07) is 20.3. The molecule has 4 aromatic rings. The van der Waals surface area contributed by atoms with Gasteiger partial charge in [0.1, 0.15) is 5.82 Å². The number of hydrogen-bond acceptors (Lipinski definition) is 4. The molecule has 0 bridgehead atoms. The molecule has 1 aromatic heterocycles. The summed E-state index contributed by atoms with van der Waals surface area (Å²) in [6.45, 7) is 1.01. The van der Waals surface area contributed by atoms with E-state index in [2.05, 4.69) is 4.98 Å². The SMILES string of the molecule is O=C(Cc1c(Sc2ccccc2F)[nH]c2ccccc12)N1CCN(S(=O)(=O)c2ccc(Cl)cc2)CC1. The molecule has 1 aliphatic heterocycles. The summed E-state index contributed by atoms with van der Waals surface area (Å²) in [7, 11) is -3.66. The molecule has 6 nitrogen and oxygen atoms in total. The first-order chi connectivity index (χ1) is 17.3. The average Bonchev–Trinajstić information content (AvgIpc) is 3.22. The van der Waals surface area contributed by atoms with Gasteiger partial charge in [-0.05, 0) is 42.5 Å². The predicted molar refractivity (Wildman–Crippen MR) is 139 cm³/mol. The third-order valence-corrected chi connectivity index (χ3v) is 9.46. The van der Waals surface area contributed by atoms with Crippen LogP contribution in [0.3, 0.4) is 0 Å². The molecule has 5 rings (SSSR count). The Labute approximate surface area is 218 Å². The fraction of sp³-hybridized carbons (Fsp3) is 0.192. The summed E-state index contributed by atoms with van der Waals surface area (Å²) in [6.07, 6.45) is 0.130. The quantitative estimate of drug-likeness (QED) is 0.363. The van der Waals surface area contributed by atoms with Crippen LogP contribution >= 0.6 is 23.4 Å². The molecule has 0 atom stereocenters. The van der Waals surface area contributed by atoms with Gasteiger partial charge in [0.05, 0.1) is 16.3 Å². The van der Waals surface area contributed by atoms with Gasteiger partial charge in [-0.1, -0.05) is 53.7 Å². The monoisotopic (exact) mass is 543 g/mol. The second kappa shape index (κ2) is 10.3. The third kappa shape index (κ3) is 5.01. The zero-order chi connectivity index (χ0) is 25.3. The minimum Gasteiger partial charge on any atom is -0.349 e. The summed E-state index contributed by atoms with van der Waals surface area (Å²) >= 11 is 7.14. The number of piperazine rings is 1. The molecule has 3 aromatic carbocycles. The number of carbonyl (C=O) groups is 1. The molecule has 2 heterocycles. The Balaban J connectivity index is 1.32. The molecule has 10 heteroatoms. The maximum Gasteiger partial charge on any atom is 0.243 e. The van der Waals surface area contributed by atoms with Gasteiger partial charge in [0.15, 0.2) is 0 Å². The normalized spacial score (nSPS) is 14.9. The smallest absolute Gasteiger partial charge is 0.243 e. The van der Waals surface area contributed by atoms with E-state index in [0.717, 1.165) is 21.5 Å². The van der Waals surface area contributed by atoms with Crippen molar-refractivity contribution in [2.75, 3.05) is 26.2 Å². The van der Waals surface area contributed by atoms with Gasteiger partial charge in [0, 0.05) is 52.6 Å². The minimum atomic E-state index is -3.66. The van der Waals surface area contributed by atoms with Crippen molar-refractivity contribution in [1.29, 1.82) is 0 Å². The Morgan fingerprint density at radius 2 is 1.61 bits per heavy atom. The molecule has 0 aliphatic carbocycles. The Kier molecular flexibility index (Phi) is 7.07. The number of amides is 1. The van der Waals surface area contributed by atoms with E-state index in [0.29, 0.717) is 23.0 Å². The summed E-state index contributed by atoms with van der Waals surface area (Å²) in [5.74, 6) is -0.421. The van der Waals surface area contributed by atoms with Crippen molar-refractivity contribution in [2.45, 2.75) is 21.2 Å². The summed E-state index contributed by atoms with van der Waals surface area (Å²) in [5.41, 5.74) is 1.68. The van der Waals surface area contributed by atoms with Crippen molar-refractivity contribution in [3.8, 4) is 0 Å². The number of sulfonamides is 1. The third-order valence-electron chi connectivity index (χ3n) is 6.19. The van der Waals surface area contributed by atoms with Gasteiger partial charge in [-0.25, -0.2) is 12.8 Å². The number of nitrogens with one attached hydrogen (secondary N) is 1. The van der Waals surface area contributed by atoms with Crippen LogP contribution in [-0.2, 0) is 21.2 Å². The maximum atomic E-state index is 14.3. The van der Waals surface area contributed by atoms with E-state index >= 15 is 0 Å². The van der Waals surface area contributed by atoms with Crippen LogP contribution in [0.1, 0.15) is 5.56 Å². The molecular weight excluding hydrogens is 521 g/mol. The predicted octanol–water partition coefficient (Wildman–Crippen LogP) is 5.19. The first-order valence-electron chi connectivity index (χ1n) is 11.4. The highest BCUT2D eigenvalue weighted by molar-refractivity contribution is 7.99. The first kappa shape index (κ1) is 24.8. The molecule has 0 spiro atoms. The maximum absolute atomic E-state index is 14.3. The number of benzene rings is 3. The van der Waals surface area contributed by atoms with Crippen LogP contribution in [0, 0.1) is 5.82 Å². The topological polar surface area (TPSA) is 73.5 Å². The number of carbonyl (C=O) groups excluding carboxylic acids is 1. The number of aromatic amines is 1. The molecule has 1 amide bonds. The highest BCUT2D eigenvalue weighted by atomic mass is 35.5. The number of halogens is 2. The Hall–Kier alpha value is -2.85. The van der Waals surface area contributed by atoms with Crippen molar-refractivity contribution in [3.05, 3.63) is 89.2 Å². The average molecular weight is 544 g/mol. The second-order valence-electron chi connectivity index (χ2n) is 8.43. The van der Waals surface area contributed by atoms with Crippen LogP contribution in [0.4, 0.5) is 4.39 Å². The van der Waals surface area contributed by atoms with E-state index in [9.17, 15) is 17.6 Å². The van der Waals surface area contributed by atoms with Crippen molar-refractivity contribution >= 4 is 50.2 Å². The number of fused-ring (bicyclic) bond motifs is 1. The minimum absolute atomic E-state index is 0.0984. The van der Waals surface area contributed by atoms with Gasteiger partial charge >= 0.3 is 0 Å². The molecule has 1 aliphatic rings. The van der Waals surface area contributed by atoms with Crippen molar-refractivity contribution < 1.29 is 17.6 Å². The van der Waals surface area contributed by atoms with Crippen molar-refractivity contribution in [2.24, 2.45) is 0 Å². The van der Waals surface area contributed by atoms with Crippen LogP contribution in [0.25, 0.3) is 10.9 Å². The van der Waals surface area contributed by atoms with Crippen LogP contribution in [0.15, 0.2) is 87.6 Å². The van der Waals surface area contributed by atoms with E-state index in [1.54, 1.807) is 35.2 Å². The van der Waals surface area contributed by atoms with E-state index in [1.165, 1.54) is 34.3 Å². The van der Waals surface area contributed by atoms with Gasteiger partial charge in [-0.2, -0.15) is 4.31 Å². The number of rotatable bonds is 6. The number of hydrogen-bond donors (Lipinski definition) is 1. The van der Waals surface area contributed by atoms with E-state index < -0.39 is 10.0 Å². The fourth-order valence-corrected chi connectivity index (χ4v) is 6.82. The second-order valence-corrected chi connectivity index (χ2v) is 11.9. The van der Waals surface area contributed by atoms with Crippen LogP contribution < -0.4 is 0 Å². The standard InChI is InChI=1S/C26H23ClFN3O3S2/c27-18-9-11-19(12-10-18)36(33,34)31-15-13-30(14-16-31)25(32)17-21-20-5-1-3-7-23(20)29-26(21)35-24-8-4-2-6-22(24)28/h1-12,29H,13-17H2. The molecule has 186 valence electrons. The zero-order valence-corrected chi connectivity index (χ0v) is 21.5. The molecule has 0 saturated carbocycles. The molecule has 1 N–H and O–H groups in total. The van der Waals surface area contributed by atoms with Crippen LogP contribution in [0.5, 0.6) is 0 Å². The molecule has 0 radical (unpaired) electrons. The lowest BCUT2D eigenvalue weighted by Crippen LogP contribution is -2.50. The molecule has 36 heavy (non-hydrogen) atoms. The molecule has 1 fully saturated rings. The van der Waals surface area contributed by atoms with Gasteiger partial charge in [0.25, 0.3) is 0 Å². The highest BCUT2D eigenvalue weighted by Gasteiger charge is 2.30. The molecule has 0 unspecified atom stereocenters. The van der Waals surface area contributed by atoms with Crippen molar-refractivity contribution in [1.82, 2.24) is 14.2 Å². The Bertz CT molecular complexity index is 1520. The lowest BCUT2D eigenvalue weighted by molar-refractivity contribution is -0.131. The van der Waals surface area contributed by atoms with Gasteiger partial charge in [0.2, 0.25) is 15.9 Å². The van der Waals surface area contributed by atoms with Gasteiger partial charge in [-0.3, -0.25) is 4.79 Å². The Morgan fingerprint density at radius 3 is 2.33 bits per heavy atom. The molecular formula is C26H23ClFN3O3S2. The summed E-state index contributed by atoms with van der Waals surface area (Å²) < 4.78 is 41.6. The number of H-pyrrole nitrogens is 1. The summed E-state index contributed by atoms with van der Waals surface area (Å²) in [5, 5.41) is 2.10. The van der Waals surface area contributed by atoms with E-state index in [4.69, 9.17) is 11.6 Å². The van der Waals surface area contributed by atoms with Crippen molar-refractivity contribution in [3.63, 3.8) is 0 Å².